The van der Waals surface area contributed by atoms with Crippen molar-refractivity contribution in [2.75, 3.05) is 7.05 Å². The van der Waals surface area contributed by atoms with Crippen molar-refractivity contribution in [2.45, 2.75) is 11.4 Å². The number of carbonyl (C=O) groups excluding carboxylic acids is 3. The van der Waals surface area contributed by atoms with Crippen molar-refractivity contribution < 1.29 is 28.8 Å². The molecule has 0 spiro atoms. The van der Waals surface area contributed by atoms with E-state index in [9.17, 15) is 24.5 Å². The van der Waals surface area contributed by atoms with E-state index in [1.807, 2.05) is 0 Å². The van der Waals surface area contributed by atoms with E-state index < -0.39 is 45.9 Å². The lowest BCUT2D eigenvalue weighted by atomic mass is 9.73. The first-order valence-corrected chi connectivity index (χ1v) is 8.88. The van der Waals surface area contributed by atoms with Gasteiger partial charge in [-0.15, -0.1) is 0 Å². The summed E-state index contributed by atoms with van der Waals surface area (Å²) in [5.41, 5.74) is -1.35. The lowest BCUT2D eigenvalue weighted by Crippen LogP contribution is -2.47. The normalized spacial score (nSPS) is 32.4. The molecule has 3 fully saturated rings. The molecule has 0 saturated carbocycles. The highest BCUT2D eigenvalue weighted by molar-refractivity contribution is 6.10. The maximum atomic E-state index is 13.1. The first kappa shape index (κ1) is 17.5. The highest BCUT2D eigenvalue weighted by Gasteiger charge is 2.82. The zero-order valence-electron chi connectivity index (χ0n) is 15.1. The van der Waals surface area contributed by atoms with Crippen LogP contribution in [0.25, 0.3) is 0 Å². The number of hydrogen-bond acceptors (Lipinski definition) is 7. The van der Waals surface area contributed by atoms with Gasteiger partial charge in [0, 0.05) is 24.7 Å². The summed E-state index contributed by atoms with van der Waals surface area (Å²) in [5, 5.41) is 11.0. The van der Waals surface area contributed by atoms with E-state index >= 15 is 0 Å². The minimum Gasteiger partial charge on any atom is -0.425 e. The SMILES string of the molecule is CN1C(=O)[C@@H]2[C@H](C1=O)[C@]1(c3ccccc3)OC(=O)[C@@]2(c2ccc([N+](=O)[O-])cc2)O1. The number of rotatable bonds is 3. The zero-order chi connectivity index (χ0) is 20.6. The smallest absolute Gasteiger partial charge is 0.346 e. The Hall–Kier alpha value is -3.59. The van der Waals surface area contributed by atoms with Crippen LogP contribution in [0.5, 0.6) is 0 Å². The zero-order valence-corrected chi connectivity index (χ0v) is 15.1. The van der Waals surface area contributed by atoms with Gasteiger partial charge >= 0.3 is 5.97 Å². The van der Waals surface area contributed by atoms with E-state index in [0.717, 1.165) is 4.90 Å². The average Bonchev–Trinajstić information content (AvgIpc) is 3.30. The van der Waals surface area contributed by atoms with Gasteiger partial charge in [-0.1, -0.05) is 30.3 Å². The molecule has 0 unspecified atom stereocenters. The Labute approximate surface area is 164 Å². The van der Waals surface area contributed by atoms with Gasteiger partial charge in [-0.2, -0.15) is 0 Å². The average molecular weight is 394 g/mol. The molecule has 0 aromatic heterocycles. The molecule has 0 aliphatic carbocycles. The molecule has 9 heteroatoms. The summed E-state index contributed by atoms with van der Waals surface area (Å²) in [4.78, 5) is 50.4. The van der Waals surface area contributed by atoms with Crippen LogP contribution in [-0.2, 0) is 35.2 Å². The Morgan fingerprint density at radius 2 is 1.55 bits per heavy atom. The molecule has 3 saturated heterocycles. The summed E-state index contributed by atoms with van der Waals surface area (Å²) >= 11 is 0. The van der Waals surface area contributed by atoms with E-state index in [4.69, 9.17) is 9.47 Å². The number of benzene rings is 2. The fourth-order valence-corrected chi connectivity index (χ4v) is 4.59. The first-order valence-electron chi connectivity index (χ1n) is 8.88. The van der Waals surface area contributed by atoms with Gasteiger partial charge < -0.3 is 9.47 Å². The van der Waals surface area contributed by atoms with Crippen molar-refractivity contribution in [3.05, 3.63) is 75.8 Å². The molecule has 29 heavy (non-hydrogen) atoms. The quantitative estimate of drug-likeness (QED) is 0.335. The van der Waals surface area contributed by atoms with Crippen LogP contribution >= 0.6 is 0 Å². The van der Waals surface area contributed by atoms with Crippen molar-refractivity contribution in [1.82, 2.24) is 4.90 Å². The Morgan fingerprint density at radius 1 is 0.931 bits per heavy atom. The number of carbonyl (C=O) groups is 3. The van der Waals surface area contributed by atoms with Gasteiger partial charge in [0.1, 0.15) is 11.8 Å². The van der Waals surface area contributed by atoms with Crippen LogP contribution in [0.3, 0.4) is 0 Å². The van der Waals surface area contributed by atoms with Gasteiger partial charge in [0.2, 0.25) is 17.4 Å². The molecule has 9 nitrogen and oxygen atoms in total. The highest BCUT2D eigenvalue weighted by Crippen LogP contribution is 2.65. The molecule has 3 heterocycles. The lowest BCUT2D eigenvalue weighted by molar-refractivity contribution is -0.384. The number of hydrogen-bond donors (Lipinski definition) is 0. The van der Waals surface area contributed by atoms with E-state index in [1.165, 1.54) is 31.3 Å². The summed E-state index contributed by atoms with van der Waals surface area (Å²) in [7, 11) is 1.36. The number of likely N-dealkylation sites (tertiary alicyclic amines) is 1. The lowest BCUT2D eigenvalue weighted by Gasteiger charge is -2.31. The Kier molecular flexibility index (Phi) is 3.31. The number of nitro groups is 1. The van der Waals surface area contributed by atoms with Crippen LogP contribution < -0.4 is 0 Å². The van der Waals surface area contributed by atoms with E-state index in [0.29, 0.717) is 5.56 Å². The molecule has 3 aliphatic rings. The second kappa shape index (κ2) is 5.48. The van der Waals surface area contributed by atoms with Crippen molar-refractivity contribution >= 4 is 23.5 Å². The summed E-state index contributed by atoms with van der Waals surface area (Å²) in [6, 6.07) is 13.7. The fourth-order valence-electron chi connectivity index (χ4n) is 4.59. The van der Waals surface area contributed by atoms with E-state index in [-0.39, 0.29) is 11.3 Å². The van der Waals surface area contributed by atoms with Gasteiger partial charge in [-0.3, -0.25) is 24.6 Å². The monoisotopic (exact) mass is 394 g/mol. The number of ether oxygens (including phenoxy) is 2. The predicted octanol–water partition coefficient (Wildman–Crippen LogP) is 1.46. The second-order valence-electron chi connectivity index (χ2n) is 7.26. The maximum absolute atomic E-state index is 13.1. The van der Waals surface area contributed by atoms with Gasteiger partial charge in [0.15, 0.2) is 0 Å². The first-order chi connectivity index (χ1) is 13.8. The molecule has 2 aromatic carbocycles. The topological polar surface area (TPSA) is 116 Å². The molecule has 4 atom stereocenters. The minimum atomic E-state index is -1.85. The Morgan fingerprint density at radius 3 is 2.17 bits per heavy atom. The number of nitro benzene ring substituents is 1. The number of esters is 1. The third-order valence-electron chi connectivity index (χ3n) is 5.92. The molecular formula is C20H14N2O7. The molecule has 3 aliphatic heterocycles. The minimum absolute atomic E-state index is 0.175. The molecule has 2 bridgehead atoms. The number of nitrogens with zero attached hydrogens (tertiary/aromatic N) is 2. The highest BCUT2D eigenvalue weighted by atomic mass is 16.8. The summed E-state index contributed by atoms with van der Waals surface area (Å²) < 4.78 is 11.8. The molecular weight excluding hydrogens is 380 g/mol. The number of amides is 2. The fraction of sp³-hybridized carbons (Fsp3) is 0.250. The largest absolute Gasteiger partial charge is 0.425 e. The van der Waals surface area contributed by atoms with Crippen molar-refractivity contribution in [2.24, 2.45) is 11.8 Å². The number of non-ortho nitro benzene ring substituents is 1. The van der Waals surface area contributed by atoms with Crippen LogP contribution in [0.1, 0.15) is 11.1 Å². The summed E-state index contributed by atoms with van der Waals surface area (Å²) in [6.45, 7) is 0. The van der Waals surface area contributed by atoms with Crippen molar-refractivity contribution in [1.29, 1.82) is 0 Å². The molecule has 2 amide bonds. The third kappa shape index (κ3) is 1.94. The van der Waals surface area contributed by atoms with Gasteiger partial charge in [-0.05, 0) is 17.7 Å². The van der Waals surface area contributed by atoms with Crippen molar-refractivity contribution in [3.8, 4) is 0 Å². The second-order valence-corrected chi connectivity index (χ2v) is 7.26. The molecule has 2 aromatic rings. The summed E-state index contributed by atoms with van der Waals surface area (Å²) in [5.74, 6) is -5.75. The van der Waals surface area contributed by atoms with Crippen LogP contribution in [0, 0.1) is 22.0 Å². The van der Waals surface area contributed by atoms with Gasteiger partial charge in [-0.25, -0.2) is 4.79 Å². The van der Waals surface area contributed by atoms with E-state index in [1.54, 1.807) is 30.3 Å². The maximum Gasteiger partial charge on any atom is 0.346 e. The molecule has 146 valence electrons. The Bertz CT molecular complexity index is 1080. The third-order valence-corrected chi connectivity index (χ3v) is 5.92. The Balaban J connectivity index is 1.74. The summed E-state index contributed by atoms with van der Waals surface area (Å²) in [6.07, 6.45) is 0. The van der Waals surface area contributed by atoms with Crippen molar-refractivity contribution in [3.63, 3.8) is 0 Å². The molecule has 0 N–H and O–H groups in total. The van der Waals surface area contributed by atoms with Crippen LogP contribution in [0.15, 0.2) is 54.6 Å². The number of imide groups is 1. The standard InChI is InChI=1S/C20H14N2O7/c1-21-16(23)14-15(17(21)24)20(12-5-3-2-4-6-12)28-18(25)19(14,29-20)11-7-9-13(10-8-11)22(26)27/h2-10,14-15H,1H3/t14-,15+,19-,20+/m0/s1. The molecule has 5 rings (SSSR count). The van der Waals surface area contributed by atoms with Gasteiger partial charge in [0.05, 0.1) is 4.92 Å². The van der Waals surface area contributed by atoms with Gasteiger partial charge in [0.25, 0.3) is 11.5 Å². The predicted molar refractivity (Wildman–Crippen MR) is 94.8 cm³/mol. The van der Waals surface area contributed by atoms with Crippen LogP contribution in [0.2, 0.25) is 0 Å². The van der Waals surface area contributed by atoms with Crippen LogP contribution in [-0.4, -0.2) is 34.7 Å². The molecule has 0 radical (unpaired) electrons. The van der Waals surface area contributed by atoms with Crippen LogP contribution in [0.4, 0.5) is 5.69 Å². The van der Waals surface area contributed by atoms with E-state index in [2.05, 4.69) is 0 Å². The number of fused-ring (bicyclic) bond motifs is 5.